The van der Waals surface area contributed by atoms with E-state index >= 15 is 0 Å². The normalized spacial score (nSPS) is 30.1. The van der Waals surface area contributed by atoms with Gasteiger partial charge in [0.15, 0.2) is 23.1 Å². The van der Waals surface area contributed by atoms with E-state index in [4.69, 9.17) is 4.74 Å². The number of hydrogen-bond acceptors (Lipinski definition) is 8. The highest BCUT2D eigenvalue weighted by Gasteiger charge is 2.64. The molecule has 1 aliphatic heterocycles. The van der Waals surface area contributed by atoms with E-state index < -0.39 is 51.7 Å². The number of imide groups is 1. The number of phenols is 1. The molecule has 2 aromatic rings. The van der Waals surface area contributed by atoms with Crippen molar-refractivity contribution in [2.75, 3.05) is 12.0 Å². The summed E-state index contributed by atoms with van der Waals surface area (Å²) in [7, 11) is 1.42. The van der Waals surface area contributed by atoms with E-state index in [0.29, 0.717) is 21.2 Å². The molecule has 0 aromatic heterocycles. The number of Topliss-reactive ketones (excluding diaryl/α,β-unsaturated/α-hetero) is 2. The largest absolute Gasteiger partial charge is 0.503 e. The minimum atomic E-state index is -1.19. The van der Waals surface area contributed by atoms with Gasteiger partial charge in [-0.2, -0.15) is 0 Å². The van der Waals surface area contributed by atoms with Gasteiger partial charge in [-0.15, -0.1) is 0 Å². The molecule has 11 heteroatoms. The zero-order valence-corrected chi connectivity index (χ0v) is 25.5. The van der Waals surface area contributed by atoms with Crippen molar-refractivity contribution in [1.82, 2.24) is 0 Å². The van der Waals surface area contributed by atoms with E-state index in [-0.39, 0.29) is 47.3 Å². The number of amides is 2. The SMILES string of the molecule is COc1cc([C@H]2C3=CC[C@@H]4C(=O)N(c5cccc([N+](=O)[O-])c5)C(=O)[C@@H]4[C@@H]3C[C@H]3C(=O)C(C)=C(C)C(=O)[C@@]23C)cc(Br)c1O. The van der Waals surface area contributed by atoms with Crippen LogP contribution in [0.15, 0.2) is 63.7 Å². The zero-order chi connectivity index (χ0) is 31.1. The summed E-state index contributed by atoms with van der Waals surface area (Å²) in [4.78, 5) is 67.8. The summed E-state index contributed by atoms with van der Waals surface area (Å²) in [6.45, 7) is 5.11. The van der Waals surface area contributed by atoms with Gasteiger partial charge in [0.2, 0.25) is 11.8 Å². The van der Waals surface area contributed by atoms with Crippen LogP contribution in [0.1, 0.15) is 45.1 Å². The van der Waals surface area contributed by atoms with Crippen LogP contribution in [-0.2, 0) is 19.2 Å². The first-order valence-corrected chi connectivity index (χ1v) is 14.8. The molecule has 222 valence electrons. The summed E-state index contributed by atoms with van der Waals surface area (Å²) in [6.07, 6.45) is 2.36. The molecular weight excluding hydrogens is 620 g/mol. The molecule has 0 unspecified atom stereocenters. The van der Waals surface area contributed by atoms with Gasteiger partial charge in [-0.1, -0.05) is 24.6 Å². The lowest BCUT2D eigenvalue weighted by molar-refractivity contribution is -0.384. The van der Waals surface area contributed by atoms with Crippen molar-refractivity contribution in [3.63, 3.8) is 0 Å². The number of anilines is 1. The number of nitro groups is 1. The predicted octanol–water partition coefficient (Wildman–Crippen LogP) is 5.42. The number of fused-ring (bicyclic) bond motifs is 4. The summed E-state index contributed by atoms with van der Waals surface area (Å²) < 4.78 is 5.77. The third-order valence-electron chi connectivity index (χ3n) is 10.1. The van der Waals surface area contributed by atoms with Crippen molar-refractivity contribution in [3.05, 3.63) is 79.3 Å². The molecule has 2 fully saturated rings. The van der Waals surface area contributed by atoms with Gasteiger partial charge in [-0.25, -0.2) is 4.90 Å². The Hall–Kier alpha value is -4.12. The molecule has 4 aliphatic rings. The third kappa shape index (κ3) is 3.97. The minimum absolute atomic E-state index is 0.111. The number of allylic oxidation sites excluding steroid dienone is 4. The van der Waals surface area contributed by atoms with Crippen molar-refractivity contribution < 1.29 is 33.9 Å². The van der Waals surface area contributed by atoms with Crippen LogP contribution in [0.3, 0.4) is 0 Å². The fourth-order valence-electron chi connectivity index (χ4n) is 7.88. The summed E-state index contributed by atoms with van der Waals surface area (Å²) in [6, 6.07) is 8.79. The topological polar surface area (TPSA) is 144 Å². The van der Waals surface area contributed by atoms with Crippen molar-refractivity contribution >= 4 is 50.7 Å². The molecular formula is C32H29BrN2O8. The van der Waals surface area contributed by atoms with E-state index in [2.05, 4.69) is 15.9 Å². The van der Waals surface area contributed by atoms with Gasteiger partial charge in [0.05, 0.1) is 39.4 Å². The van der Waals surface area contributed by atoms with E-state index in [1.54, 1.807) is 32.9 Å². The van der Waals surface area contributed by atoms with Crippen LogP contribution in [-0.4, -0.2) is 40.5 Å². The number of ketones is 2. The van der Waals surface area contributed by atoms with E-state index in [0.717, 1.165) is 10.5 Å². The number of ether oxygens (including phenoxy) is 1. The van der Waals surface area contributed by atoms with Gasteiger partial charge in [-0.3, -0.25) is 29.3 Å². The summed E-state index contributed by atoms with van der Waals surface area (Å²) in [5.41, 5.74) is 0.902. The summed E-state index contributed by atoms with van der Waals surface area (Å²) in [5, 5.41) is 22.0. The molecule has 3 aliphatic carbocycles. The third-order valence-corrected chi connectivity index (χ3v) is 10.7. The lowest BCUT2D eigenvalue weighted by Crippen LogP contribution is -2.55. The Kier molecular flexibility index (Phi) is 6.72. The van der Waals surface area contributed by atoms with Gasteiger partial charge in [-0.05, 0) is 83.4 Å². The number of nitrogens with zero attached hydrogens (tertiary/aromatic N) is 2. The number of aromatic hydroxyl groups is 1. The monoisotopic (exact) mass is 648 g/mol. The van der Waals surface area contributed by atoms with Gasteiger partial charge in [0.25, 0.3) is 5.69 Å². The maximum absolute atomic E-state index is 14.2. The Morgan fingerprint density at radius 1 is 1.07 bits per heavy atom. The molecule has 1 saturated heterocycles. The molecule has 0 bridgehead atoms. The van der Waals surface area contributed by atoms with Crippen molar-refractivity contribution in [1.29, 1.82) is 0 Å². The van der Waals surface area contributed by atoms with Gasteiger partial charge in [0.1, 0.15) is 0 Å². The molecule has 0 radical (unpaired) electrons. The average Bonchev–Trinajstić information content (AvgIpc) is 3.25. The molecule has 43 heavy (non-hydrogen) atoms. The van der Waals surface area contributed by atoms with Gasteiger partial charge < -0.3 is 9.84 Å². The number of phenolic OH excluding ortho intramolecular Hbond substituents is 1. The Morgan fingerprint density at radius 3 is 2.47 bits per heavy atom. The highest BCUT2D eigenvalue weighted by molar-refractivity contribution is 9.10. The molecule has 2 amide bonds. The predicted molar refractivity (Wildman–Crippen MR) is 158 cm³/mol. The molecule has 1 heterocycles. The van der Waals surface area contributed by atoms with Crippen LogP contribution in [0.5, 0.6) is 11.5 Å². The minimum Gasteiger partial charge on any atom is -0.503 e. The standard InChI is InChI=1S/C32H29BrN2O8/c1-14-15(2)29(38)32(3)22(27(14)36)13-21-19(26(32)16-10-23(33)28(37)24(11-16)43-4)8-9-20-25(21)31(40)34(30(20)39)17-6-5-7-18(12-17)35(41)42/h5-8,10-12,20-22,25-26,37H,9,13H2,1-4H3/t20-,21+,22-,25-,26-,32+/m0/s1. The zero-order valence-electron chi connectivity index (χ0n) is 23.9. The maximum Gasteiger partial charge on any atom is 0.271 e. The van der Waals surface area contributed by atoms with Crippen molar-refractivity contribution in [3.8, 4) is 11.5 Å². The van der Waals surface area contributed by atoms with Crippen LogP contribution in [0.2, 0.25) is 0 Å². The Bertz CT molecular complexity index is 1730. The quantitative estimate of drug-likeness (QED) is 0.200. The lowest BCUT2D eigenvalue weighted by atomic mass is 9.46. The van der Waals surface area contributed by atoms with Crippen LogP contribution in [0, 0.1) is 39.2 Å². The van der Waals surface area contributed by atoms with Gasteiger partial charge in [0, 0.05) is 24.0 Å². The van der Waals surface area contributed by atoms with Crippen molar-refractivity contribution in [2.45, 2.75) is 39.5 Å². The first-order valence-electron chi connectivity index (χ1n) is 14.0. The van der Waals surface area contributed by atoms with Crippen LogP contribution in [0.4, 0.5) is 11.4 Å². The Labute approximate surface area is 255 Å². The first-order chi connectivity index (χ1) is 20.3. The molecule has 2 aromatic carbocycles. The number of hydrogen-bond donors (Lipinski definition) is 1. The number of halogens is 1. The van der Waals surface area contributed by atoms with Crippen LogP contribution < -0.4 is 9.64 Å². The molecule has 10 nitrogen and oxygen atoms in total. The number of methoxy groups -OCH3 is 1. The second-order valence-corrected chi connectivity index (χ2v) is 12.8. The second kappa shape index (κ2) is 9.97. The summed E-state index contributed by atoms with van der Waals surface area (Å²) in [5.74, 6) is -4.64. The molecule has 6 rings (SSSR count). The molecule has 6 atom stereocenters. The number of carbonyl (C=O) groups is 4. The Balaban J connectivity index is 1.52. The fraction of sp³-hybridized carbons (Fsp3) is 0.375. The lowest BCUT2D eigenvalue weighted by Gasteiger charge is -2.54. The highest BCUT2D eigenvalue weighted by atomic mass is 79.9. The highest BCUT2D eigenvalue weighted by Crippen LogP contribution is 2.63. The fourth-order valence-corrected chi connectivity index (χ4v) is 8.34. The van der Waals surface area contributed by atoms with E-state index in [1.165, 1.54) is 31.4 Å². The van der Waals surface area contributed by atoms with E-state index in [9.17, 15) is 34.4 Å². The number of benzene rings is 2. The second-order valence-electron chi connectivity index (χ2n) is 12.0. The Morgan fingerprint density at radius 2 is 1.79 bits per heavy atom. The van der Waals surface area contributed by atoms with Crippen LogP contribution in [0.25, 0.3) is 0 Å². The molecule has 1 saturated carbocycles. The first kappa shape index (κ1) is 29.0. The maximum atomic E-state index is 14.2. The average molecular weight is 649 g/mol. The molecule has 1 N–H and O–H groups in total. The number of non-ortho nitro benzene ring substituents is 1. The number of nitro benzene ring substituents is 1. The van der Waals surface area contributed by atoms with E-state index in [1.807, 2.05) is 6.08 Å². The smallest absolute Gasteiger partial charge is 0.271 e. The number of rotatable bonds is 4. The molecule has 0 spiro atoms. The summed E-state index contributed by atoms with van der Waals surface area (Å²) >= 11 is 3.39. The van der Waals surface area contributed by atoms with Crippen LogP contribution >= 0.6 is 15.9 Å². The van der Waals surface area contributed by atoms with Gasteiger partial charge >= 0.3 is 0 Å². The number of carbonyl (C=O) groups excluding carboxylic acids is 4. The van der Waals surface area contributed by atoms with Crippen molar-refractivity contribution in [2.24, 2.45) is 29.1 Å².